The van der Waals surface area contributed by atoms with E-state index in [4.69, 9.17) is 4.74 Å². The second kappa shape index (κ2) is 9.27. The molecule has 3 rings (SSSR count). The Labute approximate surface area is 167 Å². The Kier molecular flexibility index (Phi) is 6.32. The lowest BCUT2D eigenvalue weighted by molar-refractivity contribution is -0.385. The van der Waals surface area contributed by atoms with Gasteiger partial charge in [0.05, 0.1) is 11.1 Å². The van der Waals surface area contributed by atoms with Crippen molar-refractivity contribution in [3.63, 3.8) is 0 Å². The maximum atomic E-state index is 12.2. The number of nitro groups is 1. The molecule has 7 heteroatoms. The van der Waals surface area contributed by atoms with Gasteiger partial charge in [-0.15, -0.1) is 0 Å². The summed E-state index contributed by atoms with van der Waals surface area (Å²) in [6, 6.07) is 21.3. The average molecular weight is 389 g/mol. The summed E-state index contributed by atoms with van der Waals surface area (Å²) in [6.07, 6.45) is 1.51. The third kappa shape index (κ3) is 5.49. The molecular formula is C22H19N3O4. The van der Waals surface area contributed by atoms with Gasteiger partial charge in [0.15, 0.2) is 0 Å². The molecule has 0 fully saturated rings. The lowest BCUT2D eigenvalue weighted by Crippen LogP contribution is -2.17. The molecule has 0 aliphatic rings. The van der Waals surface area contributed by atoms with E-state index < -0.39 is 10.8 Å². The van der Waals surface area contributed by atoms with Crippen LogP contribution in [0.1, 0.15) is 27.0 Å². The topological polar surface area (TPSA) is 93.8 Å². The monoisotopic (exact) mass is 389 g/mol. The SMILES string of the molecule is Cc1cc(C(=O)NN=Cc2cccc(OCc3ccccc3)c2)ccc1[N+](=O)[O-]. The maximum Gasteiger partial charge on any atom is 0.272 e. The Morgan fingerprint density at radius 2 is 1.90 bits per heavy atom. The van der Waals surface area contributed by atoms with Crippen molar-refractivity contribution in [3.05, 3.63) is 105 Å². The minimum absolute atomic E-state index is 0.0302. The molecule has 7 nitrogen and oxygen atoms in total. The fourth-order valence-electron chi connectivity index (χ4n) is 2.66. The van der Waals surface area contributed by atoms with Crippen LogP contribution in [0.3, 0.4) is 0 Å². The predicted molar refractivity (Wildman–Crippen MR) is 110 cm³/mol. The van der Waals surface area contributed by atoms with Crippen LogP contribution < -0.4 is 10.2 Å². The number of carbonyl (C=O) groups excluding carboxylic acids is 1. The lowest BCUT2D eigenvalue weighted by atomic mass is 10.1. The Balaban J connectivity index is 1.59. The van der Waals surface area contributed by atoms with Crippen LogP contribution in [-0.4, -0.2) is 17.0 Å². The molecule has 146 valence electrons. The highest BCUT2D eigenvalue weighted by atomic mass is 16.6. The molecule has 29 heavy (non-hydrogen) atoms. The lowest BCUT2D eigenvalue weighted by Gasteiger charge is -2.06. The normalized spacial score (nSPS) is 10.7. The number of nitro benzene ring substituents is 1. The van der Waals surface area contributed by atoms with Crippen LogP contribution in [0.15, 0.2) is 77.9 Å². The quantitative estimate of drug-likeness (QED) is 0.371. The standard InChI is InChI=1S/C22H19N3O4/c1-16-12-19(10-11-21(16)25(27)28)22(26)24-23-14-18-8-5-9-20(13-18)29-15-17-6-3-2-4-7-17/h2-14H,15H2,1H3,(H,24,26). The first-order valence-corrected chi connectivity index (χ1v) is 8.88. The van der Waals surface area contributed by atoms with Gasteiger partial charge in [-0.2, -0.15) is 5.10 Å². The van der Waals surface area contributed by atoms with E-state index in [-0.39, 0.29) is 5.69 Å². The third-order valence-corrected chi connectivity index (χ3v) is 4.14. The van der Waals surface area contributed by atoms with Gasteiger partial charge in [-0.1, -0.05) is 42.5 Å². The number of amides is 1. The van der Waals surface area contributed by atoms with Crippen molar-refractivity contribution < 1.29 is 14.5 Å². The zero-order chi connectivity index (χ0) is 20.6. The molecule has 0 aromatic heterocycles. The van der Waals surface area contributed by atoms with Gasteiger partial charge in [0.2, 0.25) is 0 Å². The molecule has 0 saturated heterocycles. The zero-order valence-electron chi connectivity index (χ0n) is 15.7. The second-order valence-corrected chi connectivity index (χ2v) is 6.30. The molecule has 1 N–H and O–H groups in total. The van der Waals surface area contributed by atoms with Crippen molar-refractivity contribution in [2.45, 2.75) is 13.5 Å². The second-order valence-electron chi connectivity index (χ2n) is 6.30. The number of nitrogens with one attached hydrogen (secondary N) is 1. The predicted octanol–water partition coefficient (Wildman–Crippen LogP) is 4.25. The molecule has 0 aliphatic carbocycles. The number of hydrazone groups is 1. The highest BCUT2D eigenvalue weighted by Crippen LogP contribution is 2.18. The van der Waals surface area contributed by atoms with E-state index in [0.29, 0.717) is 23.5 Å². The molecular weight excluding hydrogens is 370 g/mol. The van der Waals surface area contributed by atoms with Crippen molar-refractivity contribution >= 4 is 17.8 Å². The van der Waals surface area contributed by atoms with E-state index >= 15 is 0 Å². The first-order chi connectivity index (χ1) is 14.0. The molecule has 0 aliphatic heterocycles. The minimum atomic E-state index is -0.484. The summed E-state index contributed by atoms with van der Waals surface area (Å²) in [6.45, 7) is 2.04. The van der Waals surface area contributed by atoms with Gasteiger partial charge in [-0.25, -0.2) is 5.43 Å². The number of aryl methyl sites for hydroxylation is 1. The van der Waals surface area contributed by atoms with E-state index in [2.05, 4.69) is 10.5 Å². The van der Waals surface area contributed by atoms with Crippen LogP contribution in [0.2, 0.25) is 0 Å². The van der Waals surface area contributed by atoms with Gasteiger partial charge in [-0.3, -0.25) is 14.9 Å². The smallest absolute Gasteiger partial charge is 0.272 e. The number of nitrogens with zero attached hydrogens (tertiary/aromatic N) is 2. The Morgan fingerprint density at radius 3 is 2.62 bits per heavy atom. The molecule has 1 amide bonds. The van der Waals surface area contributed by atoms with Gasteiger partial charge in [0.25, 0.3) is 11.6 Å². The zero-order valence-corrected chi connectivity index (χ0v) is 15.7. The number of carbonyl (C=O) groups is 1. The molecule has 0 unspecified atom stereocenters. The molecule has 0 heterocycles. The third-order valence-electron chi connectivity index (χ3n) is 4.14. The van der Waals surface area contributed by atoms with Gasteiger partial charge in [-0.05, 0) is 42.3 Å². The van der Waals surface area contributed by atoms with Crippen molar-refractivity contribution in [1.29, 1.82) is 0 Å². The Morgan fingerprint density at radius 1 is 1.10 bits per heavy atom. The minimum Gasteiger partial charge on any atom is -0.489 e. The van der Waals surface area contributed by atoms with Crippen molar-refractivity contribution in [2.75, 3.05) is 0 Å². The van der Waals surface area contributed by atoms with Crippen LogP contribution >= 0.6 is 0 Å². The molecule has 3 aromatic carbocycles. The van der Waals surface area contributed by atoms with Crippen LogP contribution in [0.25, 0.3) is 0 Å². The molecule has 0 bridgehead atoms. The van der Waals surface area contributed by atoms with E-state index in [1.54, 1.807) is 6.92 Å². The van der Waals surface area contributed by atoms with E-state index in [1.165, 1.54) is 24.4 Å². The van der Waals surface area contributed by atoms with Crippen molar-refractivity contribution in [1.82, 2.24) is 5.43 Å². The fraction of sp³-hybridized carbons (Fsp3) is 0.0909. The molecule has 0 radical (unpaired) electrons. The molecule has 0 atom stereocenters. The molecule has 3 aromatic rings. The summed E-state index contributed by atoms with van der Waals surface area (Å²) in [5.74, 6) is 0.242. The van der Waals surface area contributed by atoms with Crippen molar-refractivity contribution in [2.24, 2.45) is 5.10 Å². The Hall–Kier alpha value is -4.00. The number of ether oxygens (including phenoxy) is 1. The average Bonchev–Trinajstić information content (AvgIpc) is 2.73. The molecule has 0 spiro atoms. The summed E-state index contributed by atoms with van der Waals surface area (Å²) in [4.78, 5) is 22.5. The van der Waals surface area contributed by atoms with E-state index in [0.717, 1.165) is 11.1 Å². The van der Waals surface area contributed by atoms with Crippen LogP contribution in [-0.2, 0) is 6.61 Å². The number of benzene rings is 3. The summed E-state index contributed by atoms with van der Waals surface area (Å²) in [5, 5.41) is 14.8. The van der Waals surface area contributed by atoms with Gasteiger partial charge in [0.1, 0.15) is 12.4 Å². The first-order valence-electron chi connectivity index (χ1n) is 8.88. The van der Waals surface area contributed by atoms with Crippen molar-refractivity contribution in [3.8, 4) is 5.75 Å². The van der Waals surface area contributed by atoms with E-state index in [9.17, 15) is 14.9 Å². The summed E-state index contributed by atoms with van der Waals surface area (Å²) in [7, 11) is 0. The van der Waals surface area contributed by atoms with E-state index in [1.807, 2.05) is 54.6 Å². The number of hydrogen-bond acceptors (Lipinski definition) is 5. The largest absolute Gasteiger partial charge is 0.489 e. The van der Waals surface area contributed by atoms with Crippen LogP contribution in [0.5, 0.6) is 5.75 Å². The summed E-state index contributed by atoms with van der Waals surface area (Å²) < 4.78 is 5.77. The highest BCUT2D eigenvalue weighted by molar-refractivity contribution is 5.95. The Bertz CT molecular complexity index is 1050. The van der Waals surface area contributed by atoms with Crippen LogP contribution in [0, 0.1) is 17.0 Å². The van der Waals surface area contributed by atoms with Gasteiger partial charge >= 0.3 is 0 Å². The first kappa shape index (κ1) is 19.8. The van der Waals surface area contributed by atoms with Crippen LogP contribution in [0.4, 0.5) is 5.69 Å². The summed E-state index contributed by atoms with van der Waals surface area (Å²) in [5.41, 5.74) is 4.93. The fourth-order valence-corrected chi connectivity index (χ4v) is 2.66. The maximum absolute atomic E-state index is 12.2. The van der Waals surface area contributed by atoms with Gasteiger partial charge in [0, 0.05) is 17.2 Å². The molecule has 0 saturated carbocycles. The summed E-state index contributed by atoms with van der Waals surface area (Å²) >= 11 is 0. The number of hydrogen-bond donors (Lipinski definition) is 1. The highest BCUT2D eigenvalue weighted by Gasteiger charge is 2.13. The number of rotatable bonds is 7. The van der Waals surface area contributed by atoms with Gasteiger partial charge < -0.3 is 4.74 Å².